The number of nitrogens with zero attached hydrogens (tertiary/aromatic N) is 3. The van der Waals surface area contributed by atoms with Crippen LogP contribution in [0.25, 0.3) is 17.1 Å². The molecule has 1 fully saturated rings. The third-order valence-corrected chi connectivity index (χ3v) is 5.38. The molecule has 6 nitrogen and oxygen atoms in total. The van der Waals surface area contributed by atoms with Gasteiger partial charge in [0, 0.05) is 29.7 Å². The summed E-state index contributed by atoms with van der Waals surface area (Å²) >= 11 is 6.14. The molecule has 2 heterocycles. The number of rotatable bonds is 7. The van der Waals surface area contributed by atoms with Crippen molar-refractivity contribution in [2.75, 3.05) is 13.6 Å². The van der Waals surface area contributed by atoms with Gasteiger partial charge in [0.2, 0.25) is 0 Å². The summed E-state index contributed by atoms with van der Waals surface area (Å²) in [7, 11) is 2.11. The summed E-state index contributed by atoms with van der Waals surface area (Å²) in [5, 5.41) is 8.12. The Morgan fingerprint density at radius 1 is 1.36 bits per heavy atom. The van der Waals surface area contributed by atoms with E-state index >= 15 is 0 Å². The van der Waals surface area contributed by atoms with Crippen LogP contribution in [0.1, 0.15) is 30.3 Å². The van der Waals surface area contributed by atoms with E-state index < -0.39 is 0 Å². The molecule has 1 unspecified atom stereocenters. The SMILES string of the molecule is CC(CNC(=O)c1cc(-c2ccco2)n(-c2cccc(Cl)c2)n1)N(C)C1CC1. The highest BCUT2D eigenvalue weighted by Gasteiger charge is 2.29. The van der Waals surface area contributed by atoms with Crippen LogP contribution < -0.4 is 5.32 Å². The number of halogens is 1. The van der Waals surface area contributed by atoms with E-state index in [4.69, 9.17) is 16.0 Å². The van der Waals surface area contributed by atoms with Gasteiger partial charge in [-0.3, -0.25) is 9.69 Å². The van der Waals surface area contributed by atoms with Crippen molar-refractivity contribution in [2.24, 2.45) is 0 Å². The quantitative estimate of drug-likeness (QED) is 0.653. The van der Waals surface area contributed by atoms with Crippen molar-refractivity contribution >= 4 is 17.5 Å². The molecule has 0 saturated heterocycles. The fourth-order valence-corrected chi connectivity index (χ4v) is 3.40. The molecule has 0 spiro atoms. The molecule has 0 aliphatic heterocycles. The van der Waals surface area contributed by atoms with Gasteiger partial charge in [-0.1, -0.05) is 17.7 Å². The maximum absolute atomic E-state index is 12.7. The molecule has 28 heavy (non-hydrogen) atoms. The first-order valence-electron chi connectivity index (χ1n) is 9.43. The predicted octanol–water partition coefficient (Wildman–Crippen LogP) is 4.00. The second-order valence-corrected chi connectivity index (χ2v) is 7.68. The largest absolute Gasteiger partial charge is 0.463 e. The van der Waals surface area contributed by atoms with Gasteiger partial charge in [0.1, 0.15) is 5.69 Å². The van der Waals surface area contributed by atoms with Crippen molar-refractivity contribution in [1.29, 1.82) is 0 Å². The molecule has 1 N–H and O–H groups in total. The maximum Gasteiger partial charge on any atom is 0.271 e. The molecule has 0 radical (unpaired) electrons. The molecule has 1 amide bonds. The summed E-state index contributed by atoms with van der Waals surface area (Å²) in [6, 6.07) is 13.6. The molecular formula is C21H23ClN4O2. The number of likely N-dealkylation sites (N-methyl/N-ethyl adjacent to an activating group) is 1. The van der Waals surface area contributed by atoms with E-state index in [0.29, 0.717) is 34.8 Å². The lowest BCUT2D eigenvalue weighted by atomic mass is 10.2. The Balaban J connectivity index is 1.57. The highest BCUT2D eigenvalue weighted by Crippen LogP contribution is 2.27. The normalized spacial score (nSPS) is 15.0. The summed E-state index contributed by atoms with van der Waals surface area (Å²) in [5.74, 6) is 0.429. The number of furan rings is 1. The first-order chi connectivity index (χ1) is 13.5. The van der Waals surface area contributed by atoms with Crippen LogP contribution in [0.15, 0.2) is 53.1 Å². The molecule has 1 aliphatic rings. The Kier molecular flexibility index (Phi) is 5.24. The third-order valence-electron chi connectivity index (χ3n) is 5.14. The zero-order chi connectivity index (χ0) is 19.7. The number of carbonyl (C=O) groups is 1. The molecular weight excluding hydrogens is 376 g/mol. The van der Waals surface area contributed by atoms with Crippen LogP contribution in [0.3, 0.4) is 0 Å². The number of hydrogen-bond acceptors (Lipinski definition) is 4. The molecule has 4 rings (SSSR count). The van der Waals surface area contributed by atoms with E-state index in [9.17, 15) is 4.79 Å². The van der Waals surface area contributed by atoms with Crippen LogP contribution in [-0.4, -0.2) is 46.3 Å². The van der Waals surface area contributed by atoms with E-state index in [-0.39, 0.29) is 11.9 Å². The fraction of sp³-hybridized carbons (Fsp3) is 0.333. The van der Waals surface area contributed by atoms with E-state index in [2.05, 4.69) is 29.3 Å². The Labute approximate surface area is 169 Å². The fourth-order valence-electron chi connectivity index (χ4n) is 3.21. The van der Waals surface area contributed by atoms with Gasteiger partial charge in [0.15, 0.2) is 11.5 Å². The average molecular weight is 399 g/mol. The lowest BCUT2D eigenvalue weighted by molar-refractivity contribution is 0.0934. The summed E-state index contributed by atoms with van der Waals surface area (Å²) in [5.41, 5.74) is 1.80. The summed E-state index contributed by atoms with van der Waals surface area (Å²) < 4.78 is 7.22. The molecule has 146 valence electrons. The number of hydrogen-bond donors (Lipinski definition) is 1. The van der Waals surface area contributed by atoms with Gasteiger partial charge < -0.3 is 9.73 Å². The predicted molar refractivity (Wildman–Crippen MR) is 109 cm³/mol. The van der Waals surface area contributed by atoms with Crippen LogP contribution >= 0.6 is 11.6 Å². The summed E-state index contributed by atoms with van der Waals surface area (Å²) in [4.78, 5) is 15.0. The van der Waals surface area contributed by atoms with E-state index in [1.807, 2.05) is 18.2 Å². The van der Waals surface area contributed by atoms with Gasteiger partial charge in [0.05, 0.1) is 12.0 Å². The minimum absolute atomic E-state index is 0.204. The van der Waals surface area contributed by atoms with Crippen molar-refractivity contribution in [3.63, 3.8) is 0 Å². The Bertz CT molecular complexity index is 963. The zero-order valence-corrected chi connectivity index (χ0v) is 16.7. The number of nitrogens with one attached hydrogen (secondary N) is 1. The van der Waals surface area contributed by atoms with Crippen molar-refractivity contribution < 1.29 is 9.21 Å². The standard InChI is InChI=1S/C21H23ClN4O2/c1-14(25(2)16-8-9-16)13-23-21(27)18-12-19(20-7-4-10-28-20)26(24-18)17-6-3-5-15(22)11-17/h3-7,10-12,14,16H,8-9,13H2,1-2H3,(H,23,27). The summed E-state index contributed by atoms with van der Waals surface area (Å²) in [6.07, 6.45) is 4.08. The number of carbonyl (C=O) groups excluding carboxylic acids is 1. The molecule has 3 aromatic rings. The number of amides is 1. The van der Waals surface area contributed by atoms with Crippen molar-refractivity contribution in [1.82, 2.24) is 20.0 Å². The van der Waals surface area contributed by atoms with Gasteiger partial charge in [-0.05, 0) is 57.1 Å². The minimum atomic E-state index is -0.204. The van der Waals surface area contributed by atoms with Crippen molar-refractivity contribution in [3.05, 3.63) is 59.4 Å². The lowest BCUT2D eigenvalue weighted by Crippen LogP contribution is -2.41. The van der Waals surface area contributed by atoms with E-state index in [1.54, 1.807) is 35.2 Å². The summed E-state index contributed by atoms with van der Waals surface area (Å²) in [6.45, 7) is 2.70. The Hall–Kier alpha value is -2.57. The topological polar surface area (TPSA) is 63.3 Å². The van der Waals surface area contributed by atoms with Crippen LogP contribution in [0.5, 0.6) is 0 Å². The van der Waals surface area contributed by atoms with Crippen LogP contribution in [0.2, 0.25) is 5.02 Å². The van der Waals surface area contributed by atoms with Gasteiger partial charge in [0.25, 0.3) is 5.91 Å². The van der Waals surface area contributed by atoms with Gasteiger partial charge >= 0.3 is 0 Å². The molecule has 1 saturated carbocycles. The first kappa shape index (κ1) is 18.8. The van der Waals surface area contributed by atoms with Crippen molar-refractivity contribution in [3.8, 4) is 17.1 Å². The molecule has 1 atom stereocenters. The van der Waals surface area contributed by atoms with Crippen LogP contribution in [-0.2, 0) is 0 Å². The first-order valence-corrected chi connectivity index (χ1v) is 9.81. The second-order valence-electron chi connectivity index (χ2n) is 7.24. The monoisotopic (exact) mass is 398 g/mol. The van der Waals surface area contributed by atoms with E-state index in [0.717, 1.165) is 5.69 Å². The molecule has 7 heteroatoms. The molecule has 0 bridgehead atoms. The smallest absolute Gasteiger partial charge is 0.271 e. The zero-order valence-electron chi connectivity index (χ0n) is 15.9. The van der Waals surface area contributed by atoms with Crippen LogP contribution in [0.4, 0.5) is 0 Å². The van der Waals surface area contributed by atoms with Crippen molar-refractivity contribution in [2.45, 2.75) is 31.8 Å². The Morgan fingerprint density at radius 3 is 2.86 bits per heavy atom. The molecule has 1 aromatic carbocycles. The van der Waals surface area contributed by atoms with Gasteiger partial charge in [-0.15, -0.1) is 0 Å². The second kappa shape index (κ2) is 7.81. The molecule has 2 aromatic heterocycles. The number of aromatic nitrogens is 2. The lowest BCUT2D eigenvalue weighted by Gasteiger charge is -2.24. The number of benzene rings is 1. The Morgan fingerprint density at radius 2 is 2.18 bits per heavy atom. The van der Waals surface area contributed by atoms with Gasteiger partial charge in [-0.2, -0.15) is 5.10 Å². The third kappa shape index (κ3) is 3.98. The highest BCUT2D eigenvalue weighted by atomic mass is 35.5. The minimum Gasteiger partial charge on any atom is -0.463 e. The van der Waals surface area contributed by atoms with Gasteiger partial charge in [-0.25, -0.2) is 4.68 Å². The van der Waals surface area contributed by atoms with Crippen LogP contribution in [0, 0.1) is 0 Å². The highest BCUT2D eigenvalue weighted by molar-refractivity contribution is 6.30. The molecule has 1 aliphatic carbocycles. The van der Waals surface area contributed by atoms with E-state index in [1.165, 1.54) is 12.8 Å². The maximum atomic E-state index is 12.7. The average Bonchev–Trinajstić information content (AvgIpc) is 3.21.